The molecule has 0 bridgehead atoms. The molecule has 30 heavy (non-hydrogen) atoms. The molecule has 0 radical (unpaired) electrons. The molecule has 4 aromatic rings. The molecular formula is C24H19N5S. The van der Waals surface area contributed by atoms with Crippen LogP contribution in [0, 0.1) is 25.2 Å². The van der Waals surface area contributed by atoms with Crippen molar-refractivity contribution in [2.75, 3.05) is 0 Å². The van der Waals surface area contributed by atoms with E-state index in [4.69, 9.17) is 15.4 Å². The predicted octanol–water partition coefficient (Wildman–Crippen LogP) is 5.21. The minimum atomic E-state index is 0.624. The average molecular weight is 410 g/mol. The monoisotopic (exact) mass is 409 g/mol. The van der Waals surface area contributed by atoms with Gasteiger partial charge in [0.1, 0.15) is 0 Å². The Morgan fingerprint density at radius 1 is 1.07 bits per heavy atom. The molecule has 2 heterocycles. The Kier molecular flexibility index (Phi) is 5.64. The summed E-state index contributed by atoms with van der Waals surface area (Å²) in [4.78, 5) is 9.62. The molecule has 0 atom stereocenters. The van der Waals surface area contributed by atoms with E-state index in [9.17, 15) is 0 Å². The Bertz CT molecular complexity index is 1310. The standard InChI is InChI=1S/C24H19N5S/c1-17-5-10-21(12-18(17)2)23-16-30-24(28-22-4-3-11-26-15-22)29(23)27-14-20-8-6-19(13-25)7-9-20/h3-12,14-16H,1-2H3. The van der Waals surface area contributed by atoms with Crippen molar-refractivity contribution in [1.29, 1.82) is 5.26 Å². The normalized spacial score (nSPS) is 11.7. The maximum absolute atomic E-state index is 8.99. The lowest BCUT2D eigenvalue weighted by Gasteiger charge is -2.06. The molecule has 0 saturated heterocycles. The van der Waals surface area contributed by atoms with Crippen LogP contribution in [0.4, 0.5) is 5.69 Å². The fraction of sp³-hybridized carbons (Fsp3) is 0.0833. The van der Waals surface area contributed by atoms with Gasteiger partial charge in [0, 0.05) is 17.1 Å². The van der Waals surface area contributed by atoms with Gasteiger partial charge in [-0.05, 0) is 60.9 Å². The van der Waals surface area contributed by atoms with Crippen LogP contribution in [-0.4, -0.2) is 15.9 Å². The molecule has 0 aliphatic carbocycles. The summed E-state index contributed by atoms with van der Waals surface area (Å²) in [6.45, 7) is 4.21. The first-order chi connectivity index (χ1) is 14.6. The van der Waals surface area contributed by atoms with Gasteiger partial charge >= 0.3 is 0 Å². The van der Waals surface area contributed by atoms with E-state index >= 15 is 0 Å². The molecule has 146 valence electrons. The van der Waals surface area contributed by atoms with E-state index in [1.54, 1.807) is 30.7 Å². The van der Waals surface area contributed by atoms with Crippen molar-refractivity contribution in [2.24, 2.45) is 10.1 Å². The first kappa shape index (κ1) is 19.5. The number of hydrogen-bond donors (Lipinski definition) is 0. The van der Waals surface area contributed by atoms with E-state index in [0.29, 0.717) is 5.56 Å². The summed E-state index contributed by atoms with van der Waals surface area (Å²) in [5.74, 6) is 0. The quantitative estimate of drug-likeness (QED) is 0.434. The molecule has 2 aromatic carbocycles. The van der Waals surface area contributed by atoms with Gasteiger partial charge in [-0.15, -0.1) is 11.3 Å². The molecule has 0 spiro atoms. The minimum Gasteiger partial charge on any atom is -0.262 e. The number of benzene rings is 2. The molecule has 0 fully saturated rings. The number of aromatic nitrogens is 2. The highest BCUT2D eigenvalue weighted by Crippen LogP contribution is 2.23. The first-order valence-corrected chi connectivity index (χ1v) is 10.3. The van der Waals surface area contributed by atoms with Crippen molar-refractivity contribution in [1.82, 2.24) is 9.66 Å². The van der Waals surface area contributed by atoms with Crippen LogP contribution in [0.15, 0.2) is 82.5 Å². The van der Waals surface area contributed by atoms with Crippen LogP contribution >= 0.6 is 11.3 Å². The zero-order chi connectivity index (χ0) is 20.9. The van der Waals surface area contributed by atoms with Crippen LogP contribution in [0.2, 0.25) is 0 Å². The molecule has 0 N–H and O–H groups in total. The highest BCUT2D eigenvalue weighted by Gasteiger charge is 2.09. The van der Waals surface area contributed by atoms with Gasteiger partial charge in [-0.2, -0.15) is 10.4 Å². The van der Waals surface area contributed by atoms with Crippen LogP contribution in [-0.2, 0) is 0 Å². The first-order valence-electron chi connectivity index (χ1n) is 9.41. The molecule has 0 amide bonds. The van der Waals surface area contributed by atoms with Gasteiger partial charge in [-0.1, -0.05) is 24.3 Å². The number of rotatable bonds is 4. The van der Waals surface area contributed by atoms with E-state index in [2.05, 4.69) is 48.5 Å². The zero-order valence-corrected chi connectivity index (χ0v) is 17.5. The highest BCUT2D eigenvalue weighted by atomic mass is 32.1. The van der Waals surface area contributed by atoms with Crippen molar-refractivity contribution in [2.45, 2.75) is 13.8 Å². The van der Waals surface area contributed by atoms with E-state index in [-0.39, 0.29) is 0 Å². The van der Waals surface area contributed by atoms with Crippen molar-refractivity contribution < 1.29 is 0 Å². The van der Waals surface area contributed by atoms with Gasteiger partial charge in [0.25, 0.3) is 0 Å². The highest BCUT2D eigenvalue weighted by molar-refractivity contribution is 7.07. The number of thiazole rings is 1. The smallest absolute Gasteiger partial charge is 0.211 e. The van der Waals surface area contributed by atoms with Crippen molar-refractivity contribution >= 4 is 23.2 Å². The molecule has 0 aliphatic rings. The van der Waals surface area contributed by atoms with Crippen molar-refractivity contribution in [3.8, 4) is 17.3 Å². The molecule has 2 aromatic heterocycles. The van der Waals surface area contributed by atoms with Crippen LogP contribution < -0.4 is 4.80 Å². The number of pyridine rings is 1. The van der Waals surface area contributed by atoms with E-state index < -0.39 is 0 Å². The lowest BCUT2D eigenvalue weighted by atomic mass is 10.1. The zero-order valence-electron chi connectivity index (χ0n) is 16.6. The number of hydrogen-bond acceptors (Lipinski definition) is 5. The Hall–Kier alpha value is -3.82. The molecular weight excluding hydrogens is 390 g/mol. The second-order valence-corrected chi connectivity index (χ2v) is 7.65. The van der Waals surface area contributed by atoms with E-state index in [1.165, 1.54) is 22.5 Å². The van der Waals surface area contributed by atoms with Gasteiger partial charge < -0.3 is 0 Å². The SMILES string of the molecule is Cc1ccc(-c2csc(=Nc3cccnc3)n2N=Cc2ccc(C#N)cc2)cc1C. The van der Waals surface area contributed by atoms with Crippen molar-refractivity contribution in [3.63, 3.8) is 0 Å². The summed E-state index contributed by atoms with van der Waals surface area (Å²) in [5.41, 5.74) is 6.83. The van der Waals surface area contributed by atoms with Gasteiger partial charge in [-0.3, -0.25) is 4.98 Å². The molecule has 4 rings (SSSR count). The van der Waals surface area contributed by atoms with Gasteiger partial charge in [-0.25, -0.2) is 9.67 Å². The van der Waals surface area contributed by atoms with Crippen LogP contribution in [0.1, 0.15) is 22.3 Å². The third-order valence-corrected chi connectivity index (χ3v) is 5.54. The molecule has 6 heteroatoms. The predicted molar refractivity (Wildman–Crippen MR) is 121 cm³/mol. The van der Waals surface area contributed by atoms with Crippen LogP contribution in [0.3, 0.4) is 0 Å². The summed E-state index contributed by atoms with van der Waals surface area (Å²) in [6, 6.07) is 19.6. The summed E-state index contributed by atoms with van der Waals surface area (Å²) in [6.07, 6.45) is 5.23. The second kappa shape index (κ2) is 8.68. The lowest BCUT2D eigenvalue weighted by Crippen LogP contribution is -2.11. The second-order valence-electron chi connectivity index (χ2n) is 6.82. The molecule has 0 aliphatic heterocycles. The van der Waals surface area contributed by atoms with E-state index in [1.807, 2.05) is 28.9 Å². The fourth-order valence-electron chi connectivity index (χ4n) is 2.89. The number of nitriles is 1. The minimum absolute atomic E-state index is 0.624. The van der Waals surface area contributed by atoms with Crippen LogP contribution in [0.5, 0.6) is 0 Å². The van der Waals surface area contributed by atoms with Gasteiger partial charge in [0.15, 0.2) is 0 Å². The molecule has 0 unspecified atom stereocenters. The number of aryl methyl sites for hydroxylation is 2. The maximum atomic E-state index is 8.99. The van der Waals surface area contributed by atoms with Gasteiger partial charge in [0.2, 0.25) is 4.80 Å². The van der Waals surface area contributed by atoms with Gasteiger partial charge in [0.05, 0.1) is 35.4 Å². The third-order valence-electron chi connectivity index (χ3n) is 4.72. The molecule has 5 nitrogen and oxygen atoms in total. The Morgan fingerprint density at radius 2 is 1.90 bits per heavy atom. The maximum Gasteiger partial charge on any atom is 0.211 e. The average Bonchev–Trinajstić information content (AvgIpc) is 3.17. The molecule has 0 saturated carbocycles. The Balaban J connectivity index is 1.83. The third kappa shape index (κ3) is 4.27. The van der Waals surface area contributed by atoms with E-state index in [0.717, 1.165) is 27.3 Å². The summed E-state index contributed by atoms with van der Waals surface area (Å²) in [5, 5.41) is 15.8. The van der Waals surface area contributed by atoms with Crippen LogP contribution in [0.25, 0.3) is 11.3 Å². The fourth-order valence-corrected chi connectivity index (χ4v) is 3.74. The summed E-state index contributed by atoms with van der Waals surface area (Å²) < 4.78 is 1.85. The largest absolute Gasteiger partial charge is 0.262 e. The summed E-state index contributed by atoms with van der Waals surface area (Å²) in [7, 11) is 0. The number of nitrogens with zero attached hydrogens (tertiary/aromatic N) is 5. The van der Waals surface area contributed by atoms with Crippen molar-refractivity contribution in [3.05, 3.63) is 99.4 Å². The Labute approximate surface area is 179 Å². The Morgan fingerprint density at radius 3 is 2.60 bits per heavy atom. The summed E-state index contributed by atoms with van der Waals surface area (Å²) >= 11 is 1.53. The topological polar surface area (TPSA) is 66.3 Å². The lowest BCUT2D eigenvalue weighted by molar-refractivity contribution is 0.854.